The van der Waals surface area contributed by atoms with E-state index in [4.69, 9.17) is 14.3 Å². The van der Waals surface area contributed by atoms with Crippen molar-refractivity contribution < 1.29 is 23.8 Å². The van der Waals surface area contributed by atoms with Crippen molar-refractivity contribution in [2.24, 2.45) is 0 Å². The van der Waals surface area contributed by atoms with Gasteiger partial charge in [-0.05, 0) is 24.6 Å². The molecule has 1 heterocycles. The first-order valence-corrected chi connectivity index (χ1v) is 7.18. The van der Waals surface area contributed by atoms with Gasteiger partial charge in [-0.3, -0.25) is 4.79 Å². The van der Waals surface area contributed by atoms with Gasteiger partial charge in [-0.15, -0.1) is 0 Å². The molecule has 0 aliphatic rings. The van der Waals surface area contributed by atoms with Gasteiger partial charge in [-0.1, -0.05) is 13.3 Å². The van der Waals surface area contributed by atoms with E-state index in [9.17, 15) is 14.4 Å². The summed E-state index contributed by atoms with van der Waals surface area (Å²) in [5.74, 6) is -1.25. The molecular weight excluding hydrogens is 302 g/mol. The van der Waals surface area contributed by atoms with E-state index >= 15 is 0 Å². The van der Waals surface area contributed by atoms with E-state index in [1.54, 1.807) is 18.2 Å². The number of carbonyl (C=O) groups is 2. The molecule has 122 valence electrons. The first-order valence-electron chi connectivity index (χ1n) is 7.18. The summed E-state index contributed by atoms with van der Waals surface area (Å²) in [6.45, 7) is 1.51. The Morgan fingerprint density at radius 1 is 1.30 bits per heavy atom. The highest BCUT2D eigenvalue weighted by Crippen LogP contribution is 2.19. The molecule has 1 atom stereocenters. The number of benzene rings is 1. The number of ether oxygens (including phenoxy) is 1. The van der Waals surface area contributed by atoms with E-state index in [1.807, 2.05) is 6.92 Å². The number of carboxylic acids is 1. The zero-order valence-corrected chi connectivity index (χ0v) is 12.6. The molecule has 1 aromatic heterocycles. The Balaban J connectivity index is 1.98. The normalized spacial score (nSPS) is 11.9. The molecule has 0 fully saturated rings. The summed E-state index contributed by atoms with van der Waals surface area (Å²) in [4.78, 5) is 33.9. The van der Waals surface area contributed by atoms with E-state index in [0.29, 0.717) is 24.2 Å². The Hall–Kier alpha value is -2.83. The lowest BCUT2D eigenvalue weighted by Gasteiger charge is -2.14. The smallest absolute Gasteiger partial charge is 0.336 e. The van der Waals surface area contributed by atoms with E-state index in [0.717, 1.165) is 5.39 Å². The van der Waals surface area contributed by atoms with Crippen molar-refractivity contribution >= 4 is 22.8 Å². The van der Waals surface area contributed by atoms with Gasteiger partial charge in [0.05, 0.1) is 0 Å². The third-order valence-electron chi connectivity index (χ3n) is 3.18. The fourth-order valence-electron chi connectivity index (χ4n) is 2.06. The first-order chi connectivity index (χ1) is 11.0. The average molecular weight is 319 g/mol. The summed E-state index contributed by atoms with van der Waals surface area (Å²) < 4.78 is 10.3. The highest BCUT2D eigenvalue weighted by Gasteiger charge is 2.18. The maximum absolute atomic E-state index is 11.8. The van der Waals surface area contributed by atoms with Crippen molar-refractivity contribution in [3.8, 4) is 5.75 Å². The lowest BCUT2D eigenvalue weighted by Crippen LogP contribution is -2.42. The number of carboxylic acid groups (broad SMARTS) is 1. The Morgan fingerprint density at radius 2 is 2.04 bits per heavy atom. The number of fused-ring (bicyclic) bond motifs is 1. The highest BCUT2D eigenvalue weighted by atomic mass is 16.5. The molecule has 0 bridgehead atoms. The van der Waals surface area contributed by atoms with Crippen molar-refractivity contribution in [2.45, 2.75) is 25.8 Å². The van der Waals surface area contributed by atoms with Gasteiger partial charge >= 0.3 is 11.6 Å². The van der Waals surface area contributed by atoms with Crippen molar-refractivity contribution in [1.82, 2.24) is 5.32 Å². The second-order valence-corrected chi connectivity index (χ2v) is 4.99. The fourth-order valence-corrected chi connectivity index (χ4v) is 2.06. The molecule has 1 aromatic carbocycles. The molecule has 0 saturated carbocycles. The van der Waals surface area contributed by atoms with Crippen LogP contribution in [0.4, 0.5) is 0 Å². The minimum atomic E-state index is -1.08. The second-order valence-electron chi connectivity index (χ2n) is 4.99. The van der Waals surface area contributed by atoms with E-state index in [1.165, 1.54) is 12.1 Å². The molecule has 23 heavy (non-hydrogen) atoms. The van der Waals surface area contributed by atoms with Crippen molar-refractivity contribution in [3.05, 3.63) is 40.8 Å². The highest BCUT2D eigenvalue weighted by molar-refractivity contribution is 5.84. The van der Waals surface area contributed by atoms with Gasteiger partial charge in [0, 0.05) is 17.5 Å². The van der Waals surface area contributed by atoms with Crippen LogP contribution in [0.2, 0.25) is 0 Å². The van der Waals surface area contributed by atoms with E-state index < -0.39 is 23.5 Å². The quantitative estimate of drug-likeness (QED) is 0.750. The van der Waals surface area contributed by atoms with Crippen LogP contribution in [0.15, 0.2) is 39.5 Å². The van der Waals surface area contributed by atoms with Crippen molar-refractivity contribution in [3.63, 3.8) is 0 Å². The standard InChI is InChI=1S/C16H17NO6/c1-2-3-12(16(20)21)17-14(18)9-22-11-6-4-10-5-7-15(19)23-13(10)8-11/h4-8,12H,2-3,9H2,1H3,(H,17,18)(H,20,21)/t12-/m1/s1. The molecule has 7 nitrogen and oxygen atoms in total. The van der Waals surface area contributed by atoms with Crippen LogP contribution in [-0.2, 0) is 9.59 Å². The van der Waals surface area contributed by atoms with Crippen LogP contribution in [0, 0.1) is 0 Å². The molecule has 0 unspecified atom stereocenters. The van der Waals surface area contributed by atoms with Gasteiger partial charge in [-0.25, -0.2) is 9.59 Å². The summed E-state index contributed by atoms with van der Waals surface area (Å²) in [5.41, 5.74) is -0.124. The van der Waals surface area contributed by atoms with Crippen LogP contribution in [0.25, 0.3) is 11.0 Å². The molecule has 0 aliphatic heterocycles. The monoisotopic (exact) mass is 319 g/mol. The third-order valence-corrected chi connectivity index (χ3v) is 3.18. The Labute approximate surface area is 131 Å². The topological polar surface area (TPSA) is 106 Å². The third kappa shape index (κ3) is 4.57. The molecule has 0 aliphatic carbocycles. The average Bonchev–Trinajstić information content (AvgIpc) is 2.52. The second kappa shape index (κ2) is 7.44. The molecule has 2 rings (SSSR count). The Morgan fingerprint density at radius 3 is 2.74 bits per heavy atom. The zero-order chi connectivity index (χ0) is 16.8. The minimum absolute atomic E-state index is 0.323. The van der Waals surface area contributed by atoms with Crippen LogP contribution in [-0.4, -0.2) is 29.6 Å². The Bertz CT molecular complexity index is 766. The van der Waals surface area contributed by atoms with Crippen LogP contribution >= 0.6 is 0 Å². The molecule has 0 saturated heterocycles. The molecular formula is C16H17NO6. The summed E-state index contributed by atoms with van der Waals surface area (Å²) in [5, 5.41) is 12.1. The largest absolute Gasteiger partial charge is 0.484 e. The van der Waals surface area contributed by atoms with Crippen molar-refractivity contribution in [2.75, 3.05) is 6.61 Å². The molecule has 0 radical (unpaired) electrons. The van der Waals surface area contributed by atoms with Gasteiger partial charge in [0.1, 0.15) is 17.4 Å². The number of rotatable bonds is 7. The molecule has 2 aromatic rings. The van der Waals surface area contributed by atoms with Crippen LogP contribution < -0.4 is 15.7 Å². The lowest BCUT2D eigenvalue weighted by atomic mass is 10.2. The number of hydrogen-bond acceptors (Lipinski definition) is 5. The number of hydrogen-bond donors (Lipinski definition) is 2. The lowest BCUT2D eigenvalue weighted by molar-refractivity contribution is -0.142. The fraction of sp³-hybridized carbons (Fsp3) is 0.312. The van der Waals surface area contributed by atoms with Crippen LogP contribution in [0.3, 0.4) is 0 Å². The van der Waals surface area contributed by atoms with E-state index in [2.05, 4.69) is 5.32 Å². The predicted molar refractivity (Wildman–Crippen MR) is 82.5 cm³/mol. The minimum Gasteiger partial charge on any atom is -0.484 e. The summed E-state index contributed by atoms with van der Waals surface area (Å²) in [6.07, 6.45) is 0.990. The maximum atomic E-state index is 11.8. The molecule has 2 N–H and O–H groups in total. The zero-order valence-electron chi connectivity index (χ0n) is 12.6. The number of amides is 1. The maximum Gasteiger partial charge on any atom is 0.336 e. The van der Waals surface area contributed by atoms with Crippen LogP contribution in [0.1, 0.15) is 19.8 Å². The Kier molecular flexibility index (Phi) is 5.35. The molecule has 1 amide bonds. The van der Waals surface area contributed by atoms with Gasteiger partial charge in [0.25, 0.3) is 5.91 Å². The summed E-state index contributed by atoms with van der Waals surface area (Å²) in [6, 6.07) is 6.85. The van der Waals surface area contributed by atoms with Crippen molar-refractivity contribution in [1.29, 1.82) is 0 Å². The van der Waals surface area contributed by atoms with Gasteiger partial charge in [0.2, 0.25) is 0 Å². The van der Waals surface area contributed by atoms with Crippen LogP contribution in [0.5, 0.6) is 5.75 Å². The summed E-state index contributed by atoms with van der Waals surface area (Å²) in [7, 11) is 0. The van der Waals surface area contributed by atoms with Gasteiger partial charge < -0.3 is 19.6 Å². The first kappa shape index (κ1) is 16.5. The molecule has 0 spiro atoms. The van der Waals surface area contributed by atoms with Gasteiger partial charge in [0.15, 0.2) is 6.61 Å². The van der Waals surface area contributed by atoms with E-state index in [-0.39, 0.29) is 6.61 Å². The predicted octanol–water partition coefficient (Wildman–Crippen LogP) is 1.54. The number of carbonyl (C=O) groups excluding carboxylic acids is 1. The summed E-state index contributed by atoms with van der Waals surface area (Å²) >= 11 is 0. The SMILES string of the molecule is CCC[C@@H](NC(=O)COc1ccc2ccc(=O)oc2c1)C(=O)O. The number of nitrogens with one attached hydrogen (secondary N) is 1. The number of aliphatic carboxylic acids is 1. The molecule has 7 heteroatoms. The van der Waals surface area contributed by atoms with Gasteiger partial charge in [-0.2, -0.15) is 0 Å².